The molecule has 3 nitrogen and oxygen atoms in total. The third-order valence-corrected chi connectivity index (χ3v) is 3.63. The molecule has 1 aromatic carbocycles. The van der Waals surface area contributed by atoms with Crippen molar-refractivity contribution in [1.29, 1.82) is 0 Å². The molecule has 0 heterocycles. The van der Waals surface area contributed by atoms with E-state index in [2.05, 4.69) is 12.2 Å². The fraction of sp³-hybridized carbons (Fsp3) is 0.500. The lowest BCUT2D eigenvalue weighted by Gasteiger charge is -2.17. The van der Waals surface area contributed by atoms with Crippen molar-refractivity contribution in [3.8, 4) is 0 Å². The number of rotatable bonds is 4. The van der Waals surface area contributed by atoms with E-state index in [1.807, 2.05) is 12.1 Å². The van der Waals surface area contributed by atoms with Crippen molar-refractivity contribution in [3.63, 3.8) is 0 Å². The molecule has 0 aromatic heterocycles. The molecule has 1 aliphatic rings. The van der Waals surface area contributed by atoms with Gasteiger partial charge in [0, 0.05) is 12.6 Å². The first kappa shape index (κ1) is 12.1. The van der Waals surface area contributed by atoms with Crippen molar-refractivity contribution in [2.75, 3.05) is 0 Å². The normalized spacial score (nSPS) is 23.8. The van der Waals surface area contributed by atoms with Crippen LogP contribution < -0.4 is 5.32 Å². The van der Waals surface area contributed by atoms with Crippen molar-refractivity contribution >= 4 is 5.97 Å². The summed E-state index contributed by atoms with van der Waals surface area (Å²) in [6, 6.07) is 7.72. The maximum atomic E-state index is 10.7. The quantitative estimate of drug-likeness (QED) is 0.840. The van der Waals surface area contributed by atoms with Crippen LogP contribution in [0.1, 0.15) is 42.1 Å². The summed E-state index contributed by atoms with van der Waals surface area (Å²) in [4.78, 5) is 10.7. The van der Waals surface area contributed by atoms with E-state index in [0.717, 1.165) is 18.0 Å². The van der Waals surface area contributed by atoms with Crippen molar-refractivity contribution < 1.29 is 9.90 Å². The van der Waals surface area contributed by atoms with Crippen LogP contribution in [0.15, 0.2) is 24.3 Å². The number of hydrogen-bond donors (Lipinski definition) is 2. The Morgan fingerprint density at radius 1 is 1.35 bits per heavy atom. The second-order valence-electron chi connectivity index (χ2n) is 4.90. The number of carboxylic acids is 1. The highest BCUT2D eigenvalue weighted by Gasteiger charge is 2.22. The van der Waals surface area contributed by atoms with Crippen molar-refractivity contribution in [2.45, 2.75) is 38.8 Å². The van der Waals surface area contributed by atoms with Gasteiger partial charge in [0.15, 0.2) is 0 Å². The molecule has 0 radical (unpaired) electrons. The number of hydrogen-bond acceptors (Lipinski definition) is 2. The van der Waals surface area contributed by atoms with Gasteiger partial charge in [0.1, 0.15) is 0 Å². The molecule has 2 atom stereocenters. The third-order valence-electron chi connectivity index (χ3n) is 3.63. The van der Waals surface area contributed by atoms with Crippen LogP contribution in [0, 0.1) is 5.92 Å². The Hall–Kier alpha value is -1.35. The molecule has 2 unspecified atom stereocenters. The zero-order valence-electron chi connectivity index (χ0n) is 10.1. The lowest BCUT2D eigenvalue weighted by atomic mass is 10.1. The topological polar surface area (TPSA) is 49.3 Å². The Labute approximate surface area is 102 Å². The molecule has 0 aliphatic heterocycles. The van der Waals surface area contributed by atoms with Crippen LogP contribution in [-0.2, 0) is 6.54 Å². The van der Waals surface area contributed by atoms with E-state index in [-0.39, 0.29) is 0 Å². The van der Waals surface area contributed by atoms with E-state index in [1.54, 1.807) is 12.1 Å². The summed E-state index contributed by atoms with van der Waals surface area (Å²) in [5, 5.41) is 12.3. The molecule has 1 aromatic rings. The summed E-state index contributed by atoms with van der Waals surface area (Å²) in [6.07, 6.45) is 3.89. The Balaban J connectivity index is 1.88. The van der Waals surface area contributed by atoms with Gasteiger partial charge in [0.2, 0.25) is 0 Å². The molecule has 1 fully saturated rings. The minimum Gasteiger partial charge on any atom is -0.478 e. The molecule has 0 spiro atoms. The average Bonchev–Trinajstić information content (AvgIpc) is 2.73. The summed E-state index contributed by atoms with van der Waals surface area (Å²) in [6.45, 7) is 3.12. The van der Waals surface area contributed by atoms with Gasteiger partial charge in [0.05, 0.1) is 5.56 Å². The molecule has 2 N–H and O–H groups in total. The third kappa shape index (κ3) is 3.07. The van der Waals surface area contributed by atoms with Gasteiger partial charge in [0.25, 0.3) is 0 Å². The van der Waals surface area contributed by atoms with Crippen LogP contribution in [0.25, 0.3) is 0 Å². The number of carbonyl (C=O) groups is 1. The monoisotopic (exact) mass is 233 g/mol. The van der Waals surface area contributed by atoms with E-state index >= 15 is 0 Å². The summed E-state index contributed by atoms with van der Waals surface area (Å²) in [5.41, 5.74) is 1.50. The number of carboxylic acid groups (broad SMARTS) is 1. The van der Waals surface area contributed by atoms with Crippen molar-refractivity contribution in [2.24, 2.45) is 5.92 Å². The average molecular weight is 233 g/mol. The van der Waals surface area contributed by atoms with Gasteiger partial charge in [-0.2, -0.15) is 0 Å². The SMILES string of the molecule is CC1CCCC1NCc1ccc(C(=O)O)cc1. The maximum absolute atomic E-state index is 10.7. The van der Waals surface area contributed by atoms with Crippen LogP contribution in [-0.4, -0.2) is 17.1 Å². The molecular weight excluding hydrogens is 214 g/mol. The molecule has 3 heteroatoms. The zero-order chi connectivity index (χ0) is 12.3. The Morgan fingerprint density at radius 2 is 2.06 bits per heavy atom. The highest BCUT2D eigenvalue weighted by Crippen LogP contribution is 2.25. The molecule has 92 valence electrons. The van der Waals surface area contributed by atoms with Crippen LogP contribution >= 0.6 is 0 Å². The summed E-state index contributed by atoms with van der Waals surface area (Å²) >= 11 is 0. The van der Waals surface area contributed by atoms with Gasteiger partial charge in [-0.05, 0) is 36.5 Å². The second-order valence-corrected chi connectivity index (χ2v) is 4.90. The molecular formula is C14H19NO2. The van der Waals surface area contributed by atoms with E-state index in [0.29, 0.717) is 11.6 Å². The Bertz CT molecular complexity index is 386. The van der Waals surface area contributed by atoms with Crippen LogP contribution in [0.2, 0.25) is 0 Å². The van der Waals surface area contributed by atoms with Crippen LogP contribution in [0.4, 0.5) is 0 Å². The summed E-state index contributed by atoms with van der Waals surface area (Å²) in [5.74, 6) is -0.109. The smallest absolute Gasteiger partial charge is 0.335 e. The van der Waals surface area contributed by atoms with Crippen molar-refractivity contribution in [1.82, 2.24) is 5.32 Å². The molecule has 0 saturated heterocycles. The first-order valence-corrected chi connectivity index (χ1v) is 6.22. The largest absolute Gasteiger partial charge is 0.478 e. The highest BCUT2D eigenvalue weighted by molar-refractivity contribution is 5.87. The number of nitrogens with one attached hydrogen (secondary N) is 1. The molecule has 1 saturated carbocycles. The molecule has 2 rings (SSSR count). The standard InChI is InChI=1S/C14H19NO2/c1-10-3-2-4-13(10)15-9-11-5-7-12(8-6-11)14(16)17/h5-8,10,13,15H,2-4,9H2,1H3,(H,16,17). The second kappa shape index (κ2) is 5.32. The molecule has 17 heavy (non-hydrogen) atoms. The van der Waals surface area contributed by atoms with Gasteiger partial charge in [-0.1, -0.05) is 25.5 Å². The first-order chi connectivity index (χ1) is 8.16. The first-order valence-electron chi connectivity index (χ1n) is 6.22. The van der Waals surface area contributed by atoms with E-state index in [9.17, 15) is 4.79 Å². The van der Waals surface area contributed by atoms with Gasteiger partial charge in [-0.15, -0.1) is 0 Å². The number of aromatic carboxylic acids is 1. The van der Waals surface area contributed by atoms with Gasteiger partial charge < -0.3 is 10.4 Å². The van der Waals surface area contributed by atoms with Crippen molar-refractivity contribution in [3.05, 3.63) is 35.4 Å². The minimum absolute atomic E-state index is 0.350. The predicted molar refractivity (Wildman–Crippen MR) is 67.0 cm³/mol. The van der Waals surface area contributed by atoms with Gasteiger partial charge >= 0.3 is 5.97 Å². The minimum atomic E-state index is -0.867. The van der Waals surface area contributed by atoms with E-state index in [4.69, 9.17) is 5.11 Å². The predicted octanol–water partition coefficient (Wildman–Crippen LogP) is 2.66. The zero-order valence-corrected chi connectivity index (χ0v) is 10.1. The Kier molecular flexibility index (Phi) is 3.79. The molecule has 0 amide bonds. The molecule has 0 bridgehead atoms. The fourth-order valence-corrected chi connectivity index (χ4v) is 2.46. The van der Waals surface area contributed by atoms with E-state index < -0.39 is 5.97 Å². The van der Waals surface area contributed by atoms with Crippen LogP contribution in [0.3, 0.4) is 0 Å². The highest BCUT2D eigenvalue weighted by atomic mass is 16.4. The fourth-order valence-electron chi connectivity index (χ4n) is 2.46. The van der Waals surface area contributed by atoms with Gasteiger partial charge in [-0.25, -0.2) is 4.79 Å². The lowest BCUT2D eigenvalue weighted by molar-refractivity contribution is 0.0697. The molecule has 1 aliphatic carbocycles. The Morgan fingerprint density at radius 3 is 2.59 bits per heavy atom. The lowest BCUT2D eigenvalue weighted by Crippen LogP contribution is -2.30. The van der Waals surface area contributed by atoms with E-state index in [1.165, 1.54) is 19.3 Å². The number of benzene rings is 1. The maximum Gasteiger partial charge on any atom is 0.335 e. The summed E-state index contributed by atoms with van der Waals surface area (Å²) < 4.78 is 0. The van der Waals surface area contributed by atoms with Crippen LogP contribution in [0.5, 0.6) is 0 Å². The van der Waals surface area contributed by atoms with Gasteiger partial charge in [-0.3, -0.25) is 0 Å². The summed E-state index contributed by atoms with van der Waals surface area (Å²) in [7, 11) is 0.